The number of benzene rings is 3. The van der Waals surface area contributed by atoms with Crippen molar-refractivity contribution in [1.29, 1.82) is 0 Å². The molecule has 0 spiro atoms. The first kappa shape index (κ1) is 15.5. The number of H-pyrrole nitrogens is 1. The third-order valence-electron chi connectivity index (χ3n) is 4.93. The van der Waals surface area contributed by atoms with Gasteiger partial charge in [-0.3, -0.25) is 4.98 Å². The van der Waals surface area contributed by atoms with E-state index in [-0.39, 0.29) is 5.75 Å². The van der Waals surface area contributed by atoms with Gasteiger partial charge in [0.1, 0.15) is 5.75 Å². The maximum absolute atomic E-state index is 10.4. The van der Waals surface area contributed by atoms with Gasteiger partial charge in [0, 0.05) is 50.4 Å². The average molecular weight is 351 g/mol. The van der Waals surface area contributed by atoms with Crippen LogP contribution in [0.25, 0.3) is 44.2 Å². The molecule has 0 bridgehead atoms. The van der Waals surface area contributed by atoms with E-state index < -0.39 is 0 Å². The highest BCUT2D eigenvalue weighted by molar-refractivity contribution is 6.08. The molecule has 0 saturated heterocycles. The molecule has 3 aromatic carbocycles. The molecular weight excluding hydrogens is 334 g/mol. The summed E-state index contributed by atoms with van der Waals surface area (Å²) in [5, 5.41) is 12.7. The fourth-order valence-corrected chi connectivity index (χ4v) is 3.69. The summed E-state index contributed by atoms with van der Waals surface area (Å²) in [7, 11) is 0. The normalized spacial score (nSPS) is 11.3. The first-order chi connectivity index (χ1) is 13.2. The minimum absolute atomic E-state index is 0.149. The fraction of sp³-hybridized carbons (Fsp3) is 0. The predicted octanol–water partition coefficient (Wildman–Crippen LogP) is 5.34. The highest BCUT2D eigenvalue weighted by atomic mass is 16.3. The standard InChI is InChI=1S/C23H17N3O/c24-18-7-3-9-21(27)22(18)17-6-4-12-25-23(17)14-10-11-16-15-5-1-2-8-19(15)26-20(16)13-14/h1-13,26-27H,24H2. The molecule has 2 heterocycles. The van der Waals surface area contributed by atoms with Gasteiger partial charge in [-0.15, -0.1) is 0 Å². The lowest BCUT2D eigenvalue weighted by molar-refractivity contribution is 0.477. The Kier molecular flexibility index (Phi) is 3.37. The molecule has 4 nitrogen and oxygen atoms in total. The Morgan fingerprint density at radius 1 is 0.815 bits per heavy atom. The maximum atomic E-state index is 10.4. The number of anilines is 1. The molecule has 0 saturated carbocycles. The Balaban J connectivity index is 1.75. The van der Waals surface area contributed by atoms with E-state index in [1.807, 2.05) is 24.3 Å². The second kappa shape index (κ2) is 5.88. The van der Waals surface area contributed by atoms with Gasteiger partial charge >= 0.3 is 0 Å². The number of nitrogens with one attached hydrogen (secondary N) is 1. The van der Waals surface area contributed by atoms with Crippen molar-refractivity contribution in [1.82, 2.24) is 9.97 Å². The van der Waals surface area contributed by atoms with Crippen LogP contribution in [0.3, 0.4) is 0 Å². The first-order valence-corrected chi connectivity index (χ1v) is 8.76. The summed E-state index contributed by atoms with van der Waals surface area (Å²) in [6, 6.07) is 23.5. The van der Waals surface area contributed by atoms with E-state index in [4.69, 9.17) is 5.73 Å². The van der Waals surface area contributed by atoms with Crippen molar-refractivity contribution in [3.8, 4) is 28.1 Å². The number of nitrogen functional groups attached to an aromatic ring is 1. The van der Waals surface area contributed by atoms with E-state index in [1.165, 1.54) is 10.8 Å². The summed E-state index contributed by atoms with van der Waals surface area (Å²) >= 11 is 0. The lowest BCUT2D eigenvalue weighted by Crippen LogP contribution is -1.94. The van der Waals surface area contributed by atoms with Gasteiger partial charge in [-0.05, 0) is 30.3 Å². The van der Waals surface area contributed by atoms with Gasteiger partial charge in [0.2, 0.25) is 0 Å². The minimum Gasteiger partial charge on any atom is -0.507 e. The topological polar surface area (TPSA) is 74.9 Å². The highest BCUT2D eigenvalue weighted by Gasteiger charge is 2.15. The Hall–Kier alpha value is -3.79. The molecule has 0 fully saturated rings. The van der Waals surface area contributed by atoms with Crippen LogP contribution in [-0.2, 0) is 0 Å². The number of phenolic OH excluding ortho intramolecular Hbond substituents is 1. The predicted molar refractivity (Wildman–Crippen MR) is 111 cm³/mol. The molecule has 4 heteroatoms. The number of hydrogen-bond acceptors (Lipinski definition) is 3. The summed E-state index contributed by atoms with van der Waals surface area (Å²) in [5.74, 6) is 0.149. The third kappa shape index (κ3) is 2.42. The number of aromatic amines is 1. The van der Waals surface area contributed by atoms with Crippen LogP contribution in [0.5, 0.6) is 5.75 Å². The van der Waals surface area contributed by atoms with Crippen LogP contribution in [0, 0.1) is 0 Å². The van der Waals surface area contributed by atoms with E-state index in [0.29, 0.717) is 11.3 Å². The van der Waals surface area contributed by atoms with Crippen molar-refractivity contribution >= 4 is 27.5 Å². The van der Waals surface area contributed by atoms with Crippen LogP contribution in [0.1, 0.15) is 0 Å². The lowest BCUT2D eigenvalue weighted by Gasteiger charge is -2.12. The van der Waals surface area contributed by atoms with Gasteiger partial charge in [0.25, 0.3) is 0 Å². The number of hydrogen-bond donors (Lipinski definition) is 3. The summed E-state index contributed by atoms with van der Waals surface area (Å²) in [6.45, 7) is 0. The lowest BCUT2D eigenvalue weighted by atomic mass is 9.96. The van der Waals surface area contributed by atoms with Crippen molar-refractivity contribution in [2.75, 3.05) is 5.73 Å². The molecule has 0 radical (unpaired) electrons. The maximum Gasteiger partial charge on any atom is 0.125 e. The largest absolute Gasteiger partial charge is 0.507 e. The molecule has 4 N–H and O–H groups in total. The molecule has 5 rings (SSSR count). The van der Waals surface area contributed by atoms with Crippen molar-refractivity contribution in [3.05, 3.63) is 79.0 Å². The van der Waals surface area contributed by atoms with E-state index in [0.717, 1.165) is 27.9 Å². The van der Waals surface area contributed by atoms with E-state index in [1.54, 1.807) is 24.4 Å². The Bertz CT molecular complexity index is 1280. The average Bonchev–Trinajstić information content (AvgIpc) is 3.06. The second-order valence-corrected chi connectivity index (χ2v) is 6.57. The van der Waals surface area contributed by atoms with Gasteiger partial charge in [-0.25, -0.2) is 0 Å². The van der Waals surface area contributed by atoms with Gasteiger partial charge in [0.15, 0.2) is 0 Å². The molecule has 0 aliphatic rings. The summed E-state index contributed by atoms with van der Waals surface area (Å²) < 4.78 is 0. The fourth-order valence-electron chi connectivity index (χ4n) is 3.69. The first-order valence-electron chi connectivity index (χ1n) is 8.76. The van der Waals surface area contributed by atoms with Crippen molar-refractivity contribution < 1.29 is 5.11 Å². The molecule has 0 unspecified atom stereocenters. The number of nitrogens with zero attached hydrogens (tertiary/aromatic N) is 1. The quantitative estimate of drug-likeness (QED) is 0.376. The van der Waals surface area contributed by atoms with Gasteiger partial charge < -0.3 is 15.8 Å². The Labute approximate surface area is 155 Å². The smallest absolute Gasteiger partial charge is 0.125 e. The summed E-state index contributed by atoms with van der Waals surface area (Å²) in [5.41, 5.74) is 12.0. The number of phenols is 1. The number of fused-ring (bicyclic) bond motifs is 3. The van der Waals surface area contributed by atoms with Crippen molar-refractivity contribution in [3.63, 3.8) is 0 Å². The molecule has 2 aromatic heterocycles. The monoisotopic (exact) mass is 351 g/mol. The van der Waals surface area contributed by atoms with E-state index in [2.05, 4.69) is 40.3 Å². The molecular formula is C23H17N3O. The van der Waals surface area contributed by atoms with E-state index >= 15 is 0 Å². The number of aromatic hydroxyl groups is 1. The van der Waals surface area contributed by atoms with Crippen LogP contribution < -0.4 is 5.73 Å². The van der Waals surface area contributed by atoms with Gasteiger partial charge in [-0.1, -0.05) is 42.5 Å². The number of pyridine rings is 1. The number of rotatable bonds is 2. The Morgan fingerprint density at radius 3 is 2.56 bits per heavy atom. The van der Waals surface area contributed by atoms with Crippen LogP contribution in [-0.4, -0.2) is 15.1 Å². The number of nitrogens with two attached hydrogens (primary N) is 1. The molecule has 0 amide bonds. The summed E-state index contributed by atoms with van der Waals surface area (Å²) in [6.07, 6.45) is 1.75. The minimum atomic E-state index is 0.149. The molecule has 0 atom stereocenters. The molecule has 5 aromatic rings. The van der Waals surface area contributed by atoms with Gasteiger partial charge in [0.05, 0.1) is 5.69 Å². The Morgan fingerprint density at radius 2 is 1.67 bits per heavy atom. The second-order valence-electron chi connectivity index (χ2n) is 6.57. The van der Waals surface area contributed by atoms with Crippen LogP contribution in [0.4, 0.5) is 5.69 Å². The number of aromatic nitrogens is 2. The zero-order chi connectivity index (χ0) is 18.4. The van der Waals surface area contributed by atoms with Gasteiger partial charge in [-0.2, -0.15) is 0 Å². The molecule has 130 valence electrons. The zero-order valence-electron chi connectivity index (χ0n) is 14.5. The highest BCUT2D eigenvalue weighted by Crippen LogP contribution is 2.40. The zero-order valence-corrected chi connectivity index (χ0v) is 14.5. The summed E-state index contributed by atoms with van der Waals surface area (Å²) in [4.78, 5) is 8.06. The number of para-hydroxylation sites is 1. The van der Waals surface area contributed by atoms with E-state index in [9.17, 15) is 5.11 Å². The molecule has 0 aliphatic carbocycles. The molecule has 0 aliphatic heterocycles. The van der Waals surface area contributed by atoms with Crippen LogP contribution >= 0.6 is 0 Å². The van der Waals surface area contributed by atoms with Crippen molar-refractivity contribution in [2.24, 2.45) is 0 Å². The van der Waals surface area contributed by atoms with Crippen molar-refractivity contribution in [2.45, 2.75) is 0 Å². The third-order valence-corrected chi connectivity index (χ3v) is 4.93. The SMILES string of the molecule is Nc1cccc(O)c1-c1cccnc1-c1ccc2c(c1)[nH]c1ccccc12. The van der Waals surface area contributed by atoms with Crippen LogP contribution in [0.15, 0.2) is 79.0 Å². The van der Waals surface area contributed by atoms with Crippen LogP contribution in [0.2, 0.25) is 0 Å². The molecule has 27 heavy (non-hydrogen) atoms.